The zero-order chi connectivity index (χ0) is 10.2. The zero-order valence-electron chi connectivity index (χ0n) is 8.12. The van der Waals surface area contributed by atoms with Crippen molar-refractivity contribution >= 4 is 17.9 Å². The van der Waals surface area contributed by atoms with Crippen LogP contribution in [-0.4, -0.2) is 17.9 Å². The maximum absolute atomic E-state index is 11.6. The molecule has 0 atom stereocenters. The van der Waals surface area contributed by atoms with Gasteiger partial charge < -0.3 is 4.79 Å². The van der Waals surface area contributed by atoms with E-state index in [2.05, 4.69) is 0 Å². The highest BCUT2D eigenvalue weighted by Crippen LogP contribution is 2.45. The minimum absolute atomic E-state index is 0.0711. The van der Waals surface area contributed by atoms with Crippen LogP contribution >= 0.6 is 0 Å². The monoisotopic (exact) mass is 194 g/mol. The molecule has 2 saturated carbocycles. The smallest absolute Gasteiger partial charge is 0.146 e. The molecule has 2 aliphatic rings. The fourth-order valence-corrected chi connectivity index (χ4v) is 2.69. The Labute approximate surface area is 82.9 Å². The normalized spacial score (nSPS) is 27.1. The maximum atomic E-state index is 11.6. The molecule has 0 aliphatic heterocycles. The van der Waals surface area contributed by atoms with Crippen LogP contribution in [0.2, 0.25) is 0 Å². The highest BCUT2D eigenvalue weighted by molar-refractivity contribution is 6.12. The van der Waals surface area contributed by atoms with E-state index in [1.54, 1.807) is 0 Å². The number of ketones is 2. The maximum Gasteiger partial charge on any atom is 0.146 e. The van der Waals surface area contributed by atoms with Crippen molar-refractivity contribution in [2.75, 3.05) is 0 Å². The third-order valence-corrected chi connectivity index (χ3v) is 3.72. The molecule has 3 heteroatoms. The minimum atomic E-state index is -0.667. The van der Waals surface area contributed by atoms with Crippen LogP contribution in [0.25, 0.3) is 0 Å². The van der Waals surface area contributed by atoms with Gasteiger partial charge in [0.1, 0.15) is 17.9 Å². The van der Waals surface area contributed by atoms with E-state index in [1.807, 2.05) is 0 Å². The summed E-state index contributed by atoms with van der Waals surface area (Å²) in [7, 11) is 0. The SMILES string of the molecule is O=CC1CCC2(CC1)C(=O)CCC2=O. The molecule has 2 rings (SSSR count). The molecule has 14 heavy (non-hydrogen) atoms. The van der Waals surface area contributed by atoms with Gasteiger partial charge in [-0.05, 0) is 25.7 Å². The Morgan fingerprint density at radius 2 is 1.57 bits per heavy atom. The highest BCUT2D eigenvalue weighted by atomic mass is 16.2. The fourth-order valence-electron chi connectivity index (χ4n) is 2.69. The van der Waals surface area contributed by atoms with E-state index in [9.17, 15) is 14.4 Å². The van der Waals surface area contributed by atoms with Crippen LogP contribution in [0.5, 0.6) is 0 Å². The van der Waals surface area contributed by atoms with E-state index in [-0.39, 0.29) is 17.5 Å². The molecular weight excluding hydrogens is 180 g/mol. The minimum Gasteiger partial charge on any atom is -0.303 e. The number of hydrogen-bond acceptors (Lipinski definition) is 3. The second-order valence-corrected chi connectivity index (χ2v) is 4.40. The van der Waals surface area contributed by atoms with Gasteiger partial charge in [-0.25, -0.2) is 0 Å². The summed E-state index contributed by atoms with van der Waals surface area (Å²) in [6.45, 7) is 0. The Kier molecular flexibility index (Phi) is 2.25. The summed E-state index contributed by atoms with van der Waals surface area (Å²) in [5.41, 5.74) is -0.667. The van der Waals surface area contributed by atoms with Crippen LogP contribution in [-0.2, 0) is 14.4 Å². The Hall–Kier alpha value is -0.990. The first kappa shape index (κ1) is 9.56. The van der Waals surface area contributed by atoms with Gasteiger partial charge in [-0.3, -0.25) is 9.59 Å². The summed E-state index contributed by atoms with van der Waals surface area (Å²) >= 11 is 0. The Balaban J connectivity index is 2.15. The largest absolute Gasteiger partial charge is 0.303 e. The van der Waals surface area contributed by atoms with Crippen LogP contribution in [0, 0.1) is 11.3 Å². The van der Waals surface area contributed by atoms with Crippen LogP contribution < -0.4 is 0 Å². The number of hydrogen-bond donors (Lipinski definition) is 0. The van der Waals surface area contributed by atoms with Gasteiger partial charge in [0.25, 0.3) is 0 Å². The van der Waals surface area contributed by atoms with Crippen molar-refractivity contribution in [3.63, 3.8) is 0 Å². The third kappa shape index (κ3) is 1.22. The molecule has 0 aromatic heterocycles. The van der Waals surface area contributed by atoms with Gasteiger partial charge in [-0.2, -0.15) is 0 Å². The van der Waals surface area contributed by atoms with Gasteiger partial charge in [-0.15, -0.1) is 0 Å². The van der Waals surface area contributed by atoms with Gasteiger partial charge in [0.15, 0.2) is 0 Å². The number of carbonyl (C=O) groups excluding carboxylic acids is 3. The summed E-state index contributed by atoms with van der Waals surface area (Å²) in [4.78, 5) is 33.9. The summed E-state index contributed by atoms with van der Waals surface area (Å²) in [6.07, 6.45) is 4.43. The Bertz CT molecular complexity index is 267. The van der Waals surface area contributed by atoms with Gasteiger partial charge in [0, 0.05) is 18.8 Å². The number of Topliss-reactive ketones (excluding diaryl/α,β-unsaturated/α-hetero) is 2. The van der Waals surface area contributed by atoms with Gasteiger partial charge in [0.05, 0.1) is 5.41 Å². The standard InChI is InChI=1S/C11H14O3/c12-7-8-3-5-11(6-4-8)9(13)1-2-10(11)14/h7-8H,1-6H2. The summed E-state index contributed by atoms with van der Waals surface area (Å²) in [5.74, 6) is 0.306. The van der Waals surface area contributed by atoms with E-state index < -0.39 is 5.41 Å². The highest BCUT2D eigenvalue weighted by Gasteiger charge is 2.50. The van der Waals surface area contributed by atoms with Gasteiger partial charge in [-0.1, -0.05) is 0 Å². The average molecular weight is 194 g/mol. The van der Waals surface area contributed by atoms with E-state index in [4.69, 9.17) is 0 Å². The van der Waals surface area contributed by atoms with Crippen molar-refractivity contribution in [3.05, 3.63) is 0 Å². The molecule has 0 bridgehead atoms. The molecule has 0 N–H and O–H groups in total. The van der Waals surface area contributed by atoms with Crippen molar-refractivity contribution in [2.24, 2.45) is 11.3 Å². The van der Waals surface area contributed by atoms with E-state index in [1.165, 1.54) is 0 Å². The molecular formula is C11H14O3. The quantitative estimate of drug-likeness (QED) is 0.467. The summed E-state index contributed by atoms with van der Waals surface area (Å²) in [5, 5.41) is 0. The molecule has 76 valence electrons. The lowest BCUT2D eigenvalue weighted by Gasteiger charge is -2.32. The molecule has 0 amide bonds. The second kappa shape index (κ2) is 3.30. The second-order valence-electron chi connectivity index (χ2n) is 4.40. The lowest BCUT2D eigenvalue weighted by Crippen LogP contribution is -2.37. The van der Waals surface area contributed by atoms with E-state index in [0.717, 1.165) is 6.29 Å². The lowest BCUT2D eigenvalue weighted by atomic mass is 9.68. The molecule has 0 unspecified atom stereocenters. The Morgan fingerprint density at radius 1 is 1.07 bits per heavy atom. The Morgan fingerprint density at radius 3 is 2.00 bits per heavy atom. The van der Waals surface area contributed by atoms with Crippen molar-refractivity contribution in [1.29, 1.82) is 0 Å². The molecule has 0 aromatic rings. The van der Waals surface area contributed by atoms with E-state index in [0.29, 0.717) is 38.5 Å². The zero-order valence-corrected chi connectivity index (χ0v) is 8.12. The van der Waals surface area contributed by atoms with Gasteiger partial charge in [0.2, 0.25) is 0 Å². The van der Waals surface area contributed by atoms with Crippen LogP contribution in [0.4, 0.5) is 0 Å². The van der Waals surface area contributed by atoms with Gasteiger partial charge >= 0.3 is 0 Å². The number of rotatable bonds is 1. The van der Waals surface area contributed by atoms with Crippen molar-refractivity contribution in [3.8, 4) is 0 Å². The molecule has 1 spiro atoms. The fraction of sp³-hybridized carbons (Fsp3) is 0.727. The lowest BCUT2D eigenvalue weighted by molar-refractivity contribution is -0.138. The number of aldehydes is 1. The first-order valence-corrected chi connectivity index (χ1v) is 5.21. The number of carbonyl (C=O) groups is 3. The molecule has 2 fully saturated rings. The summed E-state index contributed by atoms with van der Waals surface area (Å²) < 4.78 is 0. The van der Waals surface area contributed by atoms with Crippen molar-refractivity contribution in [1.82, 2.24) is 0 Å². The molecule has 0 radical (unpaired) electrons. The third-order valence-electron chi connectivity index (χ3n) is 3.72. The van der Waals surface area contributed by atoms with Crippen LogP contribution in [0.3, 0.4) is 0 Å². The first-order valence-electron chi connectivity index (χ1n) is 5.21. The van der Waals surface area contributed by atoms with Crippen LogP contribution in [0.1, 0.15) is 38.5 Å². The van der Waals surface area contributed by atoms with Crippen molar-refractivity contribution < 1.29 is 14.4 Å². The predicted molar refractivity (Wildman–Crippen MR) is 49.7 cm³/mol. The summed E-state index contributed by atoms with van der Waals surface area (Å²) in [6, 6.07) is 0. The van der Waals surface area contributed by atoms with E-state index >= 15 is 0 Å². The molecule has 3 nitrogen and oxygen atoms in total. The topological polar surface area (TPSA) is 51.2 Å². The van der Waals surface area contributed by atoms with Crippen molar-refractivity contribution in [2.45, 2.75) is 38.5 Å². The molecule has 0 aromatic carbocycles. The molecule has 0 heterocycles. The first-order chi connectivity index (χ1) is 6.69. The average Bonchev–Trinajstić information content (AvgIpc) is 2.49. The predicted octanol–water partition coefficient (Wildman–Crippen LogP) is 1.29. The molecule has 0 saturated heterocycles. The van der Waals surface area contributed by atoms with Crippen LogP contribution in [0.15, 0.2) is 0 Å². The molecule has 2 aliphatic carbocycles.